The third-order valence-corrected chi connectivity index (χ3v) is 4.95. The number of alkyl halides is 3. The Morgan fingerprint density at radius 1 is 1.24 bits per heavy atom. The highest BCUT2D eigenvalue weighted by Gasteiger charge is 2.30. The quantitative estimate of drug-likeness (QED) is 0.369. The molecular formula is C22H22F4N4O4. The molecule has 0 aliphatic rings. The number of ether oxygens (including phenoxy) is 2. The topological polar surface area (TPSA) is 94.8 Å². The standard InChI is InChI=1S/C22H22F4N4O4/c1-13-18(20(31)29-15(21(32)33-2)7-3-9-22(24,25)26)30-11-5-8-17(19(30)28-13)34-12-16-14(23)6-4-10-27-16/h4-6,8,10-11,15H,3,7,9,12H2,1-2H3,(H,29,31)/t15-/m0/s1. The largest absolute Gasteiger partial charge is 0.483 e. The number of rotatable bonds is 9. The number of imidazole rings is 1. The summed E-state index contributed by atoms with van der Waals surface area (Å²) in [6.07, 6.45) is -3.12. The van der Waals surface area contributed by atoms with Gasteiger partial charge in [0.15, 0.2) is 11.4 Å². The number of carbonyl (C=O) groups is 2. The van der Waals surface area contributed by atoms with Crippen LogP contribution in [-0.2, 0) is 16.1 Å². The molecule has 3 rings (SSSR count). The van der Waals surface area contributed by atoms with Gasteiger partial charge in [-0.05, 0) is 44.0 Å². The summed E-state index contributed by atoms with van der Waals surface area (Å²) in [7, 11) is 1.08. The van der Waals surface area contributed by atoms with Crippen LogP contribution < -0.4 is 10.1 Å². The molecule has 182 valence electrons. The monoisotopic (exact) mass is 482 g/mol. The molecule has 0 saturated heterocycles. The van der Waals surface area contributed by atoms with Crippen LogP contribution in [0.15, 0.2) is 36.7 Å². The smallest absolute Gasteiger partial charge is 0.389 e. The van der Waals surface area contributed by atoms with Crippen LogP contribution in [0.5, 0.6) is 5.75 Å². The number of aryl methyl sites for hydroxylation is 1. The van der Waals surface area contributed by atoms with Crippen molar-refractivity contribution in [3.8, 4) is 5.75 Å². The van der Waals surface area contributed by atoms with Crippen molar-refractivity contribution in [1.29, 1.82) is 0 Å². The minimum Gasteiger partial charge on any atom is -0.483 e. The van der Waals surface area contributed by atoms with Gasteiger partial charge >= 0.3 is 12.1 Å². The maximum Gasteiger partial charge on any atom is 0.389 e. The Balaban J connectivity index is 1.80. The highest BCUT2D eigenvalue weighted by Crippen LogP contribution is 2.25. The molecule has 3 aromatic heterocycles. The Bertz CT molecular complexity index is 1180. The summed E-state index contributed by atoms with van der Waals surface area (Å²) in [4.78, 5) is 33.2. The molecule has 12 heteroatoms. The number of esters is 1. The molecule has 3 heterocycles. The van der Waals surface area contributed by atoms with Crippen LogP contribution in [0.1, 0.15) is 41.1 Å². The molecule has 8 nitrogen and oxygen atoms in total. The molecule has 0 saturated carbocycles. The number of amides is 1. The van der Waals surface area contributed by atoms with E-state index in [4.69, 9.17) is 4.74 Å². The molecule has 0 aromatic carbocycles. The van der Waals surface area contributed by atoms with E-state index in [2.05, 4.69) is 20.0 Å². The lowest BCUT2D eigenvalue weighted by atomic mass is 10.1. The van der Waals surface area contributed by atoms with Crippen molar-refractivity contribution < 1.29 is 36.6 Å². The van der Waals surface area contributed by atoms with Crippen LogP contribution >= 0.6 is 0 Å². The fourth-order valence-corrected chi connectivity index (χ4v) is 3.34. The van der Waals surface area contributed by atoms with E-state index in [0.29, 0.717) is 0 Å². The number of methoxy groups -OCH3 is 1. The number of fused-ring (bicyclic) bond motifs is 1. The number of nitrogens with one attached hydrogen (secondary N) is 1. The van der Waals surface area contributed by atoms with Gasteiger partial charge in [-0.25, -0.2) is 14.2 Å². The summed E-state index contributed by atoms with van der Waals surface area (Å²) in [5, 5.41) is 2.43. The number of halogens is 4. The zero-order chi connectivity index (χ0) is 24.9. The van der Waals surface area contributed by atoms with E-state index in [1.165, 1.54) is 28.9 Å². The van der Waals surface area contributed by atoms with Gasteiger partial charge in [-0.2, -0.15) is 13.2 Å². The van der Waals surface area contributed by atoms with E-state index in [9.17, 15) is 27.2 Å². The maximum atomic E-state index is 13.8. The second-order valence-electron chi connectivity index (χ2n) is 7.39. The summed E-state index contributed by atoms with van der Waals surface area (Å²) in [6, 6.07) is 4.60. The van der Waals surface area contributed by atoms with E-state index in [1.54, 1.807) is 19.1 Å². The lowest BCUT2D eigenvalue weighted by molar-refractivity contribution is -0.145. The van der Waals surface area contributed by atoms with Gasteiger partial charge in [0.25, 0.3) is 5.91 Å². The van der Waals surface area contributed by atoms with Crippen LogP contribution in [0.3, 0.4) is 0 Å². The molecule has 0 aliphatic carbocycles. The van der Waals surface area contributed by atoms with Gasteiger partial charge in [0, 0.05) is 18.8 Å². The Hall–Kier alpha value is -3.70. The van der Waals surface area contributed by atoms with E-state index in [-0.39, 0.29) is 47.9 Å². The van der Waals surface area contributed by atoms with Gasteiger partial charge in [0.05, 0.1) is 12.8 Å². The molecule has 3 aromatic rings. The summed E-state index contributed by atoms with van der Waals surface area (Å²) >= 11 is 0. The lowest BCUT2D eigenvalue weighted by Crippen LogP contribution is -2.42. The summed E-state index contributed by atoms with van der Waals surface area (Å²) < 4.78 is 63.0. The number of aromatic nitrogens is 3. The molecule has 0 unspecified atom stereocenters. The Labute approximate surface area is 191 Å². The van der Waals surface area contributed by atoms with E-state index in [1.807, 2.05) is 0 Å². The fourth-order valence-electron chi connectivity index (χ4n) is 3.34. The second-order valence-corrected chi connectivity index (χ2v) is 7.39. The van der Waals surface area contributed by atoms with Gasteiger partial charge < -0.3 is 14.8 Å². The Kier molecular flexibility index (Phi) is 7.69. The zero-order valence-corrected chi connectivity index (χ0v) is 18.4. The maximum absolute atomic E-state index is 13.8. The lowest BCUT2D eigenvalue weighted by Gasteiger charge is -2.17. The first-order chi connectivity index (χ1) is 16.1. The Morgan fingerprint density at radius 3 is 2.68 bits per heavy atom. The van der Waals surface area contributed by atoms with Crippen LogP contribution in [0.4, 0.5) is 17.6 Å². The second kappa shape index (κ2) is 10.5. The van der Waals surface area contributed by atoms with Crippen LogP contribution in [-0.4, -0.2) is 45.6 Å². The molecule has 0 aliphatic heterocycles. The molecule has 0 spiro atoms. The van der Waals surface area contributed by atoms with Crippen molar-refractivity contribution in [3.63, 3.8) is 0 Å². The molecule has 1 atom stereocenters. The minimum absolute atomic E-state index is 0.0641. The average Bonchev–Trinajstić information content (AvgIpc) is 3.13. The summed E-state index contributed by atoms with van der Waals surface area (Å²) in [6.45, 7) is 1.38. The number of hydrogen-bond acceptors (Lipinski definition) is 6. The van der Waals surface area contributed by atoms with Crippen molar-refractivity contribution >= 4 is 17.5 Å². The van der Waals surface area contributed by atoms with E-state index in [0.717, 1.165) is 7.11 Å². The first-order valence-corrected chi connectivity index (χ1v) is 10.3. The third kappa shape index (κ3) is 6.00. The van der Waals surface area contributed by atoms with E-state index >= 15 is 0 Å². The van der Waals surface area contributed by atoms with Crippen molar-refractivity contribution in [2.24, 2.45) is 0 Å². The SMILES string of the molecule is COC(=O)[C@H](CCCC(F)(F)F)NC(=O)c1c(C)nc2c(OCc3ncccc3F)cccn12. The van der Waals surface area contributed by atoms with Crippen molar-refractivity contribution in [1.82, 2.24) is 19.7 Å². The van der Waals surface area contributed by atoms with Crippen molar-refractivity contribution in [2.45, 2.75) is 45.0 Å². The predicted octanol–water partition coefficient (Wildman–Crippen LogP) is 3.76. The average molecular weight is 482 g/mol. The molecule has 0 bridgehead atoms. The molecular weight excluding hydrogens is 460 g/mol. The first kappa shape index (κ1) is 24.9. The van der Waals surface area contributed by atoms with Gasteiger partial charge in [0.2, 0.25) is 0 Å². The highest BCUT2D eigenvalue weighted by molar-refractivity contribution is 5.97. The van der Waals surface area contributed by atoms with Gasteiger partial charge in [-0.3, -0.25) is 14.2 Å². The third-order valence-electron chi connectivity index (χ3n) is 4.95. The van der Waals surface area contributed by atoms with E-state index < -0.39 is 36.3 Å². The Morgan fingerprint density at radius 2 is 2.00 bits per heavy atom. The fraction of sp³-hybridized carbons (Fsp3) is 0.364. The van der Waals surface area contributed by atoms with Gasteiger partial charge in [-0.1, -0.05) is 0 Å². The predicted molar refractivity (Wildman–Crippen MR) is 112 cm³/mol. The zero-order valence-electron chi connectivity index (χ0n) is 18.4. The van der Waals surface area contributed by atoms with Crippen LogP contribution in [0.2, 0.25) is 0 Å². The minimum atomic E-state index is -4.38. The number of pyridine rings is 2. The molecule has 1 amide bonds. The highest BCUT2D eigenvalue weighted by atomic mass is 19.4. The van der Waals surface area contributed by atoms with Crippen molar-refractivity contribution in [3.05, 3.63) is 59.6 Å². The summed E-state index contributed by atoms with van der Waals surface area (Å²) in [5.41, 5.74) is 0.698. The summed E-state index contributed by atoms with van der Waals surface area (Å²) in [5.74, 6) is -1.86. The van der Waals surface area contributed by atoms with Crippen LogP contribution in [0, 0.1) is 12.7 Å². The van der Waals surface area contributed by atoms with Gasteiger partial charge in [0.1, 0.15) is 29.9 Å². The van der Waals surface area contributed by atoms with Gasteiger partial charge in [-0.15, -0.1) is 0 Å². The van der Waals surface area contributed by atoms with Crippen LogP contribution in [0.25, 0.3) is 5.65 Å². The molecule has 34 heavy (non-hydrogen) atoms. The molecule has 0 fully saturated rings. The van der Waals surface area contributed by atoms with Crippen molar-refractivity contribution in [2.75, 3.05) is 7.11 Å². The number of nitrogens with zero attached hydrogens (tertiary/aromatic N) is 3. The number of hydrogen-bond donors (Lipinski definition) is 1. The number of carbonyl (C=O) groups excluding carboxylic acids is 2. The molecule has 1 N–H and O–H groups in total. The normalized spacial score (nSPS) is 12.4. The molecule has 0 radical (unpaired) electrons. The first-order valence-electron chi connectivity index (χ1n) is 10.3.